The number of thiocarbonyl (C=S) groups is 1. The number of nitrogens with zero attached hydrogens (tertiary/aromatic N) is 1. The van der Waals surface area contributed by atoms with Gasteiger partial charge in [-0.1, -0.05) is 23.7 Å². The third-order valence-electron chi connectivity index (χ3n) is 4.87. The van der Waals surface area contributed by atoms with Crippen molar-refractivity contribution in [2.45, 2.75) is 0 Å². The van der Waals surface area contributed by atoms with Crippen LogP contribution in [0, 0.1) is 3.57 Å². The number of hydrogen-bond acceptors (Lipinski definition) is 5. The Morgan fingerprint density at radius 2 is 1.70 bits per heavy atom. The number of nitrogens with one attached hydrogen (secondary N) is 2. The number of fused-ring (bicyclic) bond motifs is 1. The van der Waals surface area contributed by atoms with Crippen LogP contribution in [0.2, 0.25) is 5.02 Å². The van der Waals surface area contributed by atoms with Crippen LogP contribution in [0.3, 0.4) is 0 Å². The molecule has 0 spiro atoms. The topological polar surface area (TPSA) is 87.7 Å². The maximum Gasteiger partial charge on any atom is 0.266 e. The molecule has 0 aromatic heterocycles. The number of halogens is 2. The van der Waals surface area contributed by atoms with Crippen LogP contribution in [-0.2, 0) is 0 Å². The van der Waals surface area contributed by atoms with E-state index >= 15 is 0 Å². The molecule has 3 aromatic carbocycles. The number of benzene rings is 3. The van der Waals surface area contributed by atoms with Gasteiger partial charge < -0.3 is 10.1 Å². The zero-order valence-corrected chi connectivity index (χ0v) is 20.7. The van der Waals surface area contributed by atoms with E-state index in [1.807, 2.05) is 0 Å². The van der Waals surface area contributed by atoms with Crippen molar-refractivity contribution in [2.75, 3.05) is 17.3 Å². The van der Waals surface area contributed by atoms with Crippen molar-refractivity contribution in [1.82, 2.24) is 5.32 Å². The van der Waals surface area contributed by atoms with Gasteiger partial charge in [0.2, 0.25) is 0 Å². The summed E-state index contributed by atoms with van der Waals surface area (Å²) < 4.78 is 6.28. The Kier molecular flexibility index (Phi) is 6.63. The largest absolute Gasteiger partial charge is 0.494 e. The molecule has 0 atom stereocenters. The quantitative estimate of drug-likeness (QED) is 0.256. The lowest BCUT2D eigenvalue weighted by atomic mass is 10.1. The minimum Gasteiger partial charge on any atom is -0.494 e. The van der Waals surface area contributed by atoms with Crippen molar-refractivity contribution in [3.63, 3.8) is 0 Å². The molecule has 0 saturated heterocycles. The Balaban J connectivity index is 1.52. The molecule has 4 rings (SSSR count). The van der Waals surface area contributed by atoms with Gasteiger partial charge in [0.05, 0.1) is 34.5 Å². The van der Waals surface area contributed by atoms with Gasteiger partial charge in [-0.2, -0.15) is 0 Å². The van der Waals surface area contributed by atoms with Crippen LogP contribution in [0.5, 0.6) is 5.75 Å². The Bertz CT molecular complexity index is 1300. The second-order valence-electron chi connectivity index (χ2n) is 6.91. The Morgan fingerprint density at radius 3 is 2.33 bits per heavy atom. The van der Waals surface area contributed by atoms with Crippen LogP contribution in [0.15, 0.2) is 60.7 Å². The summed E-state index contributed by atoms with van der Waals surface area (Å²) in [6.07, 6.45) is 0. The van der Waals surface area contributed by atoms with Crippen molar-refractivity contribution in [3.05, 3.63) is 85.9 Å². The molecule has 3 amide bonds. The van der Waals surface area contributed by atoms with E-state index in [1.54, 1.807) is 60.7 Å². The summed E-state index contributed by atoms with van der Waals surface area (Å²) in [5.41, 5.74) is 1.77. The SMILES string of the molecule is COc1cc(NC(=S)NC(=O)c2cc(I)ccc2Cl)ccc1N1C(=O)c2ccccc2C1=O. The average Bonchev–Trinajstić information content (AvgIpc) is 3.05. The molecule has 1 heterocycles. The van der Waals surface area contributed by atoms with E-state index in [4.69, 9.17) is 28.6 Å². The van der Waals surface area contributed by atoms with Crippen molar-refractivity contribution in [2.24, 2.45) is 0 Å². The first kappa shape index (κ1) is 23.1. The smallest absolute Gasteiger partial charge is 0.266 e. The van der Waals surface area contributed by atoms with E-state index in [2.05, 4.69) is 33.2 Å². The van der Waals surface area contributed by atoms with Crippen LogP contribution < -0.4 is 20.3 Å². The summed E-state index contributed by atoms with van der Waals surface area (Å²) in [4.78, 5) is 39.2. The van der Waals surface area contributed by atoms with Gasteiger partial charge in [0, 0.05) is 15.3 Å². The number of carbonyl (C=O) groups excluding carboxylic acids is 3. The Hall–Kier alpha value is -3.02. The zero-order valence-electron chi connectivity index (χ0n) is 17.0. The van der Waals surface area contributed by atoms with Gasteiger partial charge in [0.15, 0.2) is 5.11 Å². The highest BCUT2D eigenvalue weighted by atomic mass is 127. The number of imide groups is 1. The summed E-state index contributed by atoms with van der Waals surface area (Å²) in [7, 11) is 1.43. The molecular weight excluding hydrogens is 577 g/mol. The van der Waals surface area contributed by atoms with Gasteiger partial charge in [0.25, 0.3) is 17.7 Å². The van der Waals surface area contributed by atoms with Gasteiger partial charge in [-0.15, -0.1) is 0 Å². The minimum atomic E-state index is -0.453. The average molecular weight is 592 g/mol. The van der Waals surface area contributed by atoms with E-state index in [1.165, 1.54) is 7.11 Å². The number of carbonyl (C=O) groups is 3. The molecule has 10 heteroatoms. The molecule has 33 heavy (non-hydrogen) atoms. The molecule has 2 N–H and O–H groups in total. The molecule has 0 saturated carbocycles. The van der Waals surface area contributed by atoms with Crippen LogP contribution >= 0.6 is 46.4 Å². The van der Waals surface area contributed by atoms with E-state index in [0.717, 1.165) is 8.47 Å². The lowest BCUT2D eigenvalue weighted by molar-refractivity contribution is 0.0922. The molecule has 0 aliphatic carbocycles. The molecule has 0 fully saturated rings. The number of methoxy groups -OCH3 is 1. The predicted octanol–water partition coefficient (Wildman–Crippen LogP) is 4.88. The lowest BCUT2D eigenvalue weighted by Gasteiger charge is -2.19. The second-order valence-corrected chi connectivity index (χ2v) is 8.97. The van der Waals surface area contributed by atoms with Crippen LogP contribution in [0.25, 0.3) is 0 Å². The standard InChI is InChI=1S/C23H15ClIN3O4S/c1-32-19-11-13(26-23(33)27-20(29)16-10-12(25)6-8-17(16)24)7-9-18(19)28-21(30)14-4-2-3-5-15(14)22(28)31/h2-11H,1H3,(H2,26,27,29,33). The third-order valence-corrected chi connectivity index (χ3v) is 6.08. The minimum absolute atomic E-state index is 0.0467. The maximum atomic E-state index is 12.8. The van der Waals surface area contributed by atoms with E-state index in [-0.39, 0.29) is 10.9 Å². The summed E-state index contributed by atoms with van der Waals surface area (Å²) in [6, 6.07) is 16.5. The number of amides is 3. The van der Waals surface area contributed by atoms with E-state index < -0.39 is 17.7 Å². The summed E-state index contributed by atoms with van der Waals surface area (Å²) in [5.74, 6) is -1.02. The molecule has 7 nitrogen and oxygen atoms in total. The van der Waals surface area contributed by atoms with Gasteiger partial charge in [-0.3, -0.25) is 19.7 Å². The van der Waals surface area contributed by atoms with Gasteiger partial charge in [0.1, 0.15) is 5.75 Å². The third kappa shape index (κ3) is 4.56. The highest BCUT2D eigenvalue weighted by Crippen LogP contribution is 2.36. The van der Waals surface area contributed by atoms with Crippen molar-refractivity contribution < 1.29 is 19.1 Å². The normalized spacial score (nSPS) is 12.4. The highest BCUT2D eigenvalue weighted by molar-refractivity contribution is 14.1. The summed E-state index contributed by atoms with van der Waals surface area (Å²) in [6.45, 7) is 0. The number of hydrogen-bond donors (Lipinski definition) is 2. The second kappa shape index (κ2) is 9.46. The maximum absolute atomic E-state index is 12.8. The van der Waals surface area contributed by atoms with Gasteiger partial charge in [-0.05, 0) is 77.3 Å². The molecule has 0 radical (unpaired) electrons. The molecule has 0 unspecified atom stereocenters. The number of rotatable bonds is 4. The van der Waals surface area contributed by atoms with Crippen molar-refractivity contribution >= 4 is 80.6 Å². The highest BCUT2D eigenvalue weighted by Gasteiger charge is 2.37. The number of ether oxygens (including phenoxy) is 1. The van der Waals surface area contributed by atoms with Crippen molar-refractivity contribution in [3.8, 4) is 5.75 Å². The lowest BCUT2D eigenvalue weighted by Crippen LogP contribution is -2.34. The van der Waals surface area contributed by atoms with Crippen LogP contribution in [0.4, 0.5) is 11.4 Å². The van der Waals surface area contributed by atoms with Gasteiger partial charge in [-0.25, -0.2) is 4.90 Å². The van der Waals surface area contributed by atoms with E-state index in [9.17, 15) is 14.4 Å². The van der Waals surface area contributed by atoms with Gasteiger partial charge >= 0.3 is 0 Å². The van der Waals surface area contributed by atoms with Crippen LogP contribution in [-0.4, -0.2) is 29.9 Å². The predicted molar refractivity (Wildman–Crippen MR) is 138 cm³/mol. The Labute approximate surface area is 213 Å². The summed E-state index contributed by atoms with van der Waals surface area (Å²) in [5, 5.41) is 5.83. The fraction of sp³-hybridized carbons (Fsp3) is 0.0435. The molecule has 3 aromatic rings. The van der Waals surface area contributed by atoms with Crippen LogP contribution in [0.1, 0.15) is 31.1 Å². The zero-order chi connectivity index (χ0) is 23.7. The fourth-order valence-electron chi connectivity index (χ4n) is 3.35. The molecule has 166 valence electrons. The molecular formula is C23H15ClIN3O4S. The monoisotopic (exact) mass is 591 g/mol. The first-order valence-electron chi connectivity index (χ1n) is 9.53. The summed E-state index contributed by atoms with van der Waals surface area (Å²) >= 11 is 13.4. The Morgan fingerprint density at radius 1 is 1.03 bits per heavy atom. The first-order chi connectivity index (χ1) is 15.8. The van der Waals surface area contributed by atoms with E-state index in [0.29, 0.717) is 33.1 Å². The molecule has 1 aliphatic rings. The molecule has 0 bridgehead atoms. The fourth-order valence-corrected chi connectivity index (χ4v) is 4.26. The van der Waals surface area contributed by atoms with Crippen molar-refractivity contribution in [1.29, 1.82) is 0 Å². The first-order valence-corrected chi connectivity index (χ1v) is 11.4. The number of anilines is 2. The molecule has 1 aliphatic heterocycles.